The molecule has 96 valence electrons. The Kier molecular flexibility index (Phi) is 3.68. The fourth-order valence-corrected chi connectivity index (χ4v) is 1.69. The molecule has 0 spiro atoms. The number of halogens is 1. The summed E-state index contributed by atoms with van der Waals surface area (Å²) in [4.78, 5) is 11.7. The molecule has 2 amide bonds. The maximum Gasteiger partial charge on any atom is 0.324 e. The number of benzene rings is 1. The van der Waals surface area contributed by atoms with Gasteiger partial charge in [0.1, 0.15) is 11.6 Å². The molecule has 7 heteroatoms. The summed E-state index contributed by atoms with van der Waals surface area (Å²) in [5, 5.41) is 18.5. The zero-order valence-electron chi connectivity index (χ0n) is 10.0. The third-order valence-corrected chi connectivity index (χ3v) is 2.50. The molecule has 0 saturated heterocycles. The first kappa shape index (κ1) is 12.9. The number of anilines is 2. The first-order chi connectivity index (χ1) is 9.08. The summed E-state index contributed by atoms with van der Waals surface area (Å²) in [5.74, 6) is 0.213. The number of amides is 2. The molecule has 6 nitrogen and oxygen atoms in total. The van der Waals surface area contributed by atoms with Crippen LogP contribution in [0.4, 0.5) is 16.3 Å². The number of rotatable bonds is 2. The summed E-state index contributed by atoms with van der Waals surface area (Å²) >= 11 is 5.81. The van der Waals surface area contributed by atoms with Gasteiger partial charge in [0.2, 0.25) is 0 Å². The molecule has 0 saturated carbocycles. The molecule has 0 unspecified atom stereocenters. The maximum absolute atomic E-state index is 11.7. The maximum atomic E-state index is 11.7. The predicted octanol–water partition coefficient (Wildman–Crippen LogP) is 2.59. The normalized spacial score (nSPS) is 9.74. The highest BCUT2D eigenvalue weighted by Crippen LogP contribution is 2.16. The van der Waals surface area contributed by atoms with E-state index in [2.05, 4.69) is 15.7 Å². The first-order valence-electron chi connectivity index (χ1n) is 5.36. The van der Waals surface area contributed by atoms with Crippen LogP contribution >= 0.6 is 11.6 Å². The average molecular weight is 276 g/mol. The number of aromatic nitrogens is 2. The number of nitriles is 1. The Hall–Kier alpha value is -2.52. The van der Waals surface area contributed by atoms with Crippen molar-refractivity contribution in [3.05, 3.63) is 41.0 Å². The summed E-state index contributed by atoms with van der Waals surface area (Å²) in [5.41, 5.74) is 0.850. The lowest BCUT2D eigenvalue weighted by Gasteiger charge is -2.05. The minimum absolute atomic E-state index is 0.213. The van der Waals surface area contributed by atoms with Crippen molar-refractivity contribution in [1.29, 1.82) is 5.26 Å². The van der Waals surface area contributed by atoms with Crippen LogP contribution in [0.5, 0.6) is 0 Å². The summed E-state index contributed by atoms with van der Waals surface area (Å²) in [7, 11) is 1.67. The third-order valence-electron chi connectivity index (χ3n) is 2.26. The molecule has 0 radical (unpaired) electrons. The van der Waals surface area contributed by atoms with Crippen LogP contribution in [0.25, 0.3) is 0 Å². The van der Waals surface area contributed by atoms with Crippen LogP contribution in [-0.2, 0) is 7.05 Å². The van der Waals surface area contributed by atoms with Crippen LogP contribution < -0.4 is 10.6 Å². The van der Waals surface area contributed by atoms with E-state index in [0.29, 0.717) is 16.3 Å². The summed E-state index contributed by atoms with van der Waals surface area (Å²) in [6, 6.07) is 8.21. The number of hydrogen-bond donors (Lipinski definition) is 2. The second kappa shape index (κ2) is 5.42. The SMILES string of the molecule is Cn1cc(C#N)c(NC(=O)Nc2cccc(Cl)c2)n1. The smallest absolute Gasteiger partial charge is 0.308 e. The van der Waals surface area contributed by atoms with Gasteiger partial charge in [-0.3, -0.25) is 10.00 Å². The minimum atomic E-state index is -0.488. The van der Waals surface area contributed by atoms with Crippen LogP contribution in [0.2, 0.25) is 5.02 Å². The molecular formula is C12H10ClN5O. The van der Waals surface area contributed by atoms with E-state index in [1.807, 2.05) is 6.07 Å². The lowest BCUT2D eigenvalue weighted by molar-refractivity contribution is 0.262. The van der Waals surface area contributed by atoms with E-state index < -0.39 is 6.03 Å². The molecule has 0 bridgehead atoms. The van der Waals surface area contributed by atoms with Crippen LogP contribution in [0, 0.1) is 11.3 Å². The Balaban J connectivity index is 2.08. The Morgan fingerprint density at radius 1 is 1.47 bits per heavy atom. The van der Waals surface area contributed by atoms with Crippen molar-refractivity contribution < 1.29 is 4.79 Å². The molecule has 1 heterocycles. The van der Waals surface area contributed by atoms with E-state index in [1.165, 1.54) is 10.9 Å². The highest BCUT2D eigenvalue weighted by molar-refractivity contribution is 6.30. The second-order valence-corrected chi connectivity index (χ2v) is 4.20. The lowest BCUT2D eigenvalue weighted by atomic mass is 10.3. The molecule has 0 atom stereocenters. The van der Waals surface area contributed by atoms with Crippen LogP contribution in [0.1, 0.15) is 5.56 Å². The fraction of sp³-hybridized carbons (Fsp3) is 0.0833. The number of hydrogen-bond acceptors (Lipinski definition) is 3. The number of urea groups is 1. The topological polar surface area (TPSA) is 82.7 Å². The number of aryl methyl sites for hydroxylation is 1. The molecule has 2 aromatic rings. The van der Waals surface area contributed by atoms with E-state index in [-0.39, 0.29) is 5.82 Å². The van der Waals surface area contributed by atoms with E-state index >= 15 is 0 Å². The molecule has 0 aliphatic carbocycles. The van der Waals surface area contributed by atoms with Gasteiger partial charge < -0.3 is 5.32 Å². The molecule has 1 aromatic heterocycles. The van der Waals surface area contributed by atoms with Gasteiger partial charge in [0.15, 0.2) is 5.82 Å². The monoisotopic (exact) mass is 275 g/mol. The average Bonchev–Trinajstić information content (AvgIpc) is 2.69. The lowest BCUT2D eigenvalue weighted by Crippen LogP contribution is -2.20. The van der Waals surface area contributed by atoms with Crippen LogP contribution in [-0.4, -0.2) is 15.8 Å². The Morgan fingerprint density at radius 3 is 2.95 bits per heavy atom. The molecule has 0 aliphatic heterocycles. The van der Waals surface area contributed by atoms with E-state index in [0.717, 1.165) is 0 Å². The van der Waals surface area contributed by atoms with Gasteiger partial charge in [0, 0.05) is 24.0 Å². The van der Waals surface area contributed by atoms with E-state index in [1.54, 1.807) is 31.3 Å². The van der Waals surface area contributed by atoms with Gasteiger partial charge in [-0.25, -0.2) is 4.79 Å². The summed E-state index contributed by atoms with van der Waals surface area (Å²) < 4.78 is 1.45. The quantitative estimate of drug-likeness (QED) is 0.884. The van der Waals surface area contributed by atoms with E-state index in [4.69, 9.17) is 16.9 Å². The Labute approximate surface area is 114 Å². The standard InChI is InChI=1S/C12H10ClN5O/c1-18-7-8(6-14)11(17-18)16-12(19)15-10-4-2-3-9(13)5-10/h2-5,7H,1H3,(H2,15,16,17,19). The van der Waals surface area contributed by atoms with Crippen molar-refractivity contribution in [2.45, 2.75) is 0 Å². The zero-order chi connectivity index (χ0) is 13.8. The highest BCUT2D eigenvalue weighted by atomic mass is 35.5. The van der Waals surface area contributed by atoms with Gasteiger partial charge in [0.25, 0.3) is 0 Å². The number of carbonyl (C=O) groups is 1. The van der Waals surface area contributed by atoms with Gasteiger partial charge in [0.05, 0.1) is 0 Å². The van der Waals surface area contributed by atoms with Crippen molar-refractivity contribution in [3.8, 4) is 6.07 Å². The largest absolute Gasteiger partial charge is 0.324 e. The number of nitrogens with one attached hydrogen (secondary N) is 2. The predicted molar refractivity (Wildman–Crippen MR) is 72.0 cm³/mol. The highest BCUT2D eigenvalue weighted by Gasteiger charge is 2.10. The van der Waals surface area contributed by atoms with Crippen molar-refractivity contribution in [2.24, 2.45) is 7.05 Å². The van der Waals surface area contributed by atoms with Gasteiger partial charge in [-0.2, -0.15) is 10.4 Å². The van der Waals surface area contributed by atoms with Gasteiger partial charge in [-0.1, -0.05) is 17.7 Å². The van der Waals surface area contributed by atoms with Crippen LogP contribution in [0.15, 0.2) is 30.5 Å². The molecule has 2 rings (SSSR count). The van der Waals surface area contributed by atoms with Gasteiger partial charge in [-0.05, 0) is 18.2 Å². The van der Waals surface area contributed by atoms with Gasteiger partial charge in [-0.15, -0.1) is 0 Å². The van der Waals surface area contributed by atoms with Crippen molar-refractivity contribution in [1.82, 2.24) is 9.78 Å². The van der Waals surface area contributed by atoms with Gasteiger partial charge >= 0.3 is 6.03 Å². The molecule has 0 fully saturated rings. The molecule has 2 N–H and O–H groups in total. The second-order valence-electron chi connectivity index (χ2n) is 3.77. The fourth-order valence-electron chi connectivity index (χ4n) is 1.50. The molecule has 1 aromatic carbocycles. The Bertz CT molecular complexity index is 658. The summed E-state index contributed by atoms with van der Waals surface area (Å²) in [6.07, 6.45) is 1.52. The number of carbonyl (C=O) groups excluding carboxylic acids is 1. The molecule has 19 heavy (non-hydrogen) atoms. The third kappa shape index (κ3) is 3.24. The van der Waals surface area contributed by atoms with Crippen molar-refractivity contribution in [2.75, 3.05) is 10.6 Å². The molecular weight excluding hydrogens is 266 g/mol. The Morgan fingerprint density at radius 2 is 2.26 bits per heavy atom. The first-order valence-corrected chi connectivity index (χ1v) is 5.73. The number of nitrogens with zero attached hydrogens (tertiary/aromatic N) is 3. The van der Waals surface area contributed by atoms with Crippen LogP contribution in [0.3, 0.4) is 0 Å². The van der Waals surface area contributed by atoms with Crippen molar-refractivity contribution >= 4 is 29.1 Å². The summed E-state index contributed by atoms with van der Waals surface area (Å²) in [6.45, 7) is 0. The zero-order valence-corrected chi connectivity index (χ0v) is 10.8. The molecule has 0 aliphatic rings. The minimum Gasteiger partial charge on any atom is -0.308 e. The van der Waals surface area contributed by atoms with E-state index in [9.17, 15) is 4.79 Å². The van der Waals surface area contributed by atoms with Crippen molar-refractivity contribution in [3.63, 3.8) is 0 Å².